The molecule has 0 aliphatic rings. The highest BCUT2D eigenvalue weighted by Crippen LogP contribution is 2.45. The Hall–Kier alpha value is -8.38. The number of nitrogens with zero attached hydrogens (tertiary/aromatic N) is 5. The third-order valence-corrected chi connectivity index (χ3v) is 11.1. The van der Waals surface area contributed by atoms with Crippen molar-refractivity contribution >= 4 is 27.5 Å². The average Bonchev–Trinajstić information content (AvgIpc) is 3.65. The number of rotatable bonds is 7. The highest BCUT2D eigenvalue weighted by molar-refractivity contribution is 6.12. The number of hydrogen-bond acceptors (Lipinski definition) is 3. The molecule has 10 aromatic rings. The Morgan fingerprint density at radius 3 is 1.73 bits per heavy atom. The van der Waals surface area contributed by atoms with Crippen molar-refractivity contribution in [2.45, 2.75) is 6.92 Å². The minimum absolute atomic E-state index is 0.538. The number of aromatic nitrogens is 3. The SMILES string of the molecule is [C-]#[N+]c1cccc(-c2cc(-c3nc(-c4ccccc4)cc(-c4ccccc4)n3)cc(-c3cccc(C#N)c3)c2-n2c3ccccc3c3cc(-c4ccc(C)cc4)ccc32)c1. The second kappa shape index (κ2) is 15.2. The summed E-state index contributed by atoms with van der Waals surface area (Å²) in [5.41, 5.74) is 15.5. The van der Waals surface area contributed by atoms with E-state index in [1.807, 2.05) is 78.9 Å². The second-order valence-electron chi connectivity index (χ2n) is 14.9. The lowest BCUT2D eigenvalue weighted by molar-refractivity contribution is 1.17. The number of para-hydroxylation sites is 1. The van der Waals surface area contributed by atoms with Crippen LogP contribution in [0.5, 0.6) is 0 Å². The van der Waals surface area contributed by atoms with Gasteiger partial charge in [-0.25, -0.2) is 14.8 Å². The fourth-order valence-electron chi connectivity index (χ4n) is 8.17. The molecule has 0 N–H and O–H groups in total. The first-order valence-electron chi connectivity index (χ1n) is 19.8. The summed E-state index contributed by atoms with van der Waals surface area (Å²) in [6.45, 7) is 10.1. The molecule has 2 aromatic heterocycles. The molecule has 10 rings (SSSR count). The Balaban J connectivity index is 1.33. The van der Waals surface area contributed by atoms with Crippen LogP contribution < -0.4 is 0 Å². The van der Waals surface area contributed by atoms with Crippen molar-refractivity contribution < 1.29 is 0 Å². The Morgan fingerprint density at radius 2 is 1.07 bits per heavy atom. The molecule has 0 atom stereocenters. The molecule has 0 amide bonds. The molecular formula is C55H35N5. The molecule has 0 saturated carbocycles. The maximum Gasteiger partial charge on any atom is 0.187 e. The van der Waals surface area contributed by atoms with Crippen molar-refractivity contribution in [2.24, 2.45) is 0 Å². The van der Waals surface area contributed by atoms with Crippen molar-refractivity contribution in [3.05, 3.63) is 217 Å². The van der Waals surface area contributed by atoms with E-state index in [0.29, 0.717) is 17.1 Å². The Kier molecular flexibility index (Phi) is 9.10. The maximum absolute atomic E-state index is 10.2. The first kappa shape index (κ1) is 36.0. The molecule has 0 aliphatic heterocycles. The van der Waals surface area contributed by atoms with Crippen LogP contribution in [0.3, 0.4) is 0 Å². The first-order valence-corrected chi connectivity index (χ1v) is 19.8. The molecule has 0 bridgehead atoms. The van der Waals surface area contributed by atoms with Crippen molar-refractivity contribution in [2.75, 3.05) is 0 Å². The van der Waals surface area contributed by atoms with Crippen LogP contribution in [-0.4, -0.2) is 14.5 Å². The van der Waals surface area contributed by atoms with Crippen LogP contribution in [0.1, 0.15) is 11.1 Å². The van der Waals surface area contributed by atoms with Gasteiger partial charge in [0.2, 0.25) is 0 Å². The number of nitriles is 1. The van der Waals surface area contributed by atoms with E-state index in [9.17, 15) is 5.26 Å². The van der Waals surface area contributed by atoms with Gasteiger partial charge in [-0.2, -0.15) is 5.26 Å². The molecule has 2 heterocycles. The van der Waals surface area contributed by atoms with E-state index in [0.717, 1.165) is 89.0 Å². The van der Waals surface area contributed by atoms with Crippen molar-refractivity contribution in [1.82, 2.24) is 14.5 Å². The van der Waals surface area contributed by atoms with E-state index in [4.69, 9.17) is 16.5 Å². The normalized spacial score (nSPS) is 11.1. The molecule has 0 unspecified atom stereocenters. The van der Waals surface area contributed by atoms with E-state index in [1.54, 1.807) is 0 Å². The molecule has 0 saturated heterocycles. The summed E-state index contributed by atoms with van der Waals surface area (Å²) in [6.07, 6.45) is 0. The quantitative estimate of drug-likeness (QED) is 0.152. The predicted molar refractivity (Wildman–Crippen MR) is 245 cm³/mol. The summed E-state index contributed by atoms with van der Waals surface area (Å²) < 4.78 is 2.35. The zero-order valence-corrected chi connectivity index (χ0v) is 32.7. The minimum atomic E-state index is 0.538. The molecule has 0 radical (unpaired) electrons. The van der Waals surface area contributed by atoms with Gasteiger partial charge in [0, 0.05) is 38.6 Å². The topological polar surface area (TPSA) is 58.9 Å². The summed E-state index contributed by atoms with van der Waals surface area (Å²) in [5.74, 6) is 0.562. The summed E-state index contributed by atoms with van der Waals surface area (Å²) in [6, 6.07) is 68.5. The fraction of sp³-hybridized carbons (Fsp3) is 0.0182. The van der Waals surface area contributed by atoms with Crippen LogP contribution in [-0.2, 0) is 0 Å². The van der Waals surface area contributed by atoms with Crippen LogP contribution in [0.4, 0.5) is 5.69 Å². The Bertz CT molecular complexity index is 3200. The van der Waals surface area contributed by atoms with Gasteiger partial charge < -0.3 is 4.57 Å². The standard InChI is InChI=1S/C55H35N5/c1-36-23-25-38(26-24-36)41-27-28-53-49(31-41)46-21-9-10-22-52(46)60(53)54-47(42-18-11-13-37(29-42)35-56)32-44(33-48(54)43-19-12-20-45(30-43)57-2)55-58-50(39-14-5-3-6-15-39)34-51(59-55)40-16-7-4-8-17-40/h3-34H,1H3. The van der Waals surface area contributed by atoms with E-state index in [-0.39, 0.29) is 0 Å². The van der Waals surface area contributed by atoms with Gasteiger partial charge in [-0.1, -0.05) is 145 Å². The smallest absolute Gasteiger partial charge is 0.187 e. The van der Waals surface area contributed by atoms with Crippen LogP contribution >= 0.6 is 0 Å². The molecular weight excluding hydrogens is 731 g/mol. The summed E-state index contributed by atoms with van der Waals surface area (Å²) in [5, 5.41) is 12.4. The lowest BCUT2D eigenvalue weighted by Crippen LogP contribution is -2.03. The Labute approximate surface area is 348 Å². The zero-order chi connectivity index (χ0) is 40.6. The van der Waals surface area contributed by atoms with Crippen LogP contribution in [0.2, 0.25) is 0 Å². The van der Waals surface area contributed by atoms with Gasteiger partial charge in [0.1, 0.15) is 0 Å². The number of hydrogen-bond donors (Lipinski definition) is 0. The number of aryl methyl sites for hydroxylation is 1. The van der Waals surface area contributed by atoms with Crippen molar-refractivity contribution in [1.29, 1.82) is 5.26 Å². The van der Waals surface area contributed by atoms with Gasteiger partial charge in [0.05, 0.1) is 46.3 Å². The lowest BCUT2D eigenvalue weighted by atomic mass is 9.91. The largest absolute Gasteiger partial charge is 0.308 e. The van der Waals surface area contributed by atoms with E-state index >= 15 is 0 Å². The third kappa shape index (κ3) is 6.57. The average molecular weight is 766 g/mol. The van der Waals surface area contributed by atoms with Gasteiger partial charge in [-0.05, 0) is 83.8 Å². The van der Waals surface area contributed by atoms with Crippen LogP contribution in [0.25, 0.3) is 99.6 Å². The highest BCUT2D eigenvalue weighted by Gasteiger charge is 2.23. The first-order chi connectivity index (χ1) is 29.5. The van der Waals surface area contributed by atoms with Crippen molar-refractivity contribution in [3.8, 4) is 79.0 Å². The third-order valence-electron chi connectivity index (χ3n) is 11.1. The van der Waals surface area contributed by atoms with Crippen LogP contribution in [0.15, 0.2) is 194 Å². The zero-order valence-electron chi connectivity index (χ0n) is 32.7. The predicted octanol–water partition coefficient (Wildman–Crippen LogP) is 14.3. The molecule has 5 heteroatoms. The number of benzene rings is 8. The summed E-state index contributed by atoms with van der Waals surface area (Å²) in [7, 11) is 0. The minimum Gasteiger partial charge on any atom is -0.308 e. The molecule has 280 valence electrons. The fourth-order valence-corrected chi connectivity index (χ4v) is 8.17. The molecule has 8 aromatic carbocycles. The van der Waals surface area contributed by atoms with Gasteiger partial charge in [0.15, 0.2) is 11.5 Å². The van der Waals surface area contributed by atoms with Gasteiger partial charge >= 0.3 is 0 Å². The maximum atomic E-state index is 10.2. The Morgan fingerprint density at radius 1 is 0.483 bits per heavy atom. The highest BCUT2D eigenvalue weighted by atomic mass is 15.0. The van der Waals surface area contributed by atoms with Crippen molar-refractivity contribution in [3.63, 3.8) is 0 Å². The summed E-state index contributed by atoms with van der Waals surface area (Å²) >= 11 is 0. The second-order valence-corrected chi connectivity index (χ2v) is 14.9. The van der Waals surface area contributed by atoms with Gasteiger partial charge in [-0.3, -0.25) is 0 Å². The number of fused-ring (bicyclic) bond motifs is 3. The summed E-state index contributed by atoms with van der Waals surface area (Å²) in [4.78, 5) is 14.4. The van der Waals surface area contributed by atoms with Gasteiger partial charge in [-0.15, -0.1) is 0 Å². The molecule has 5 nitrogen and oxygen atoms in total. The molecule has 60 heavy (non-hydrogen) atoms. The molecule has 0 aliphatic carbocycles. The lowest BCUT2D eigenvalue weighted by Gasteiger charge is -2.21. The van der Waals surface area contributed by atoms with Crippen LogP contribution in [0, 0.1) is 24.8 Å². The molecule has 0 fully saturated rings. The van der Waals surface area contributed by atoms with Gasteiger partial charge in [0.25, 0.3) is 0 Å². The monoisotopic (exact) mass is 765 g/mol. The van der Waals surface area contributed by atoms with E-state index in [2.05, 4.69) is 138 Å². The molecule has 0 spiro atoms. The van der Waals surface area contributed by atoms with E-state index in [1.165, 1.54) is 5.56 Å². The van der Waals surface area contributed by atoms with E-state index < -0.39 is 0 Å².